The molecule has 3 aromatic rings. The maximum Gasteiger partial charge on any atom is 0.241 e. The summed E-state index contributed by atoms with van der Waals surface area (Å²) in [5.74, 6) is 0.0443. The van der Waals surface area contributed by atoms with Gasteiger partial charge in [-0.3, -0.25) is 9.69 Å². The van der Waals surface area contributed by atoms with Gasteiger partial charge in [0.05, 0.1) is 36.2 Å². The molecule has 6 nitrogen and oxygen atoms in total. The van der Waals surface area contributed by atoms with Crippen molar-refractivity contribution < 1.29 is 4.79 Å². The van der Waals surface area contributed by atoms with Crippen molar-refractivity contribution >= 4 is 23.2 Å². The number of nitrogens with zero attached hydrogens (tertiary/aromatic N) is 4. The molecule has 146 valence electrons. The number of hydrogen-bond acceptors (Lipinski definition) is 4. The number of nitrogens with one attached hydrogen (secondary N) is 1. The third kappa shape index (κ3) is 4.32. The Labute approximate surface area is 174 Å². The number of benzene rings is 2. The van der Waals surface area contributed by atoms with Crippen LogP contribution in [-0.2, 0) is 11.2 Å². The van der Waals surface area contributed by atoms with E-state index in [4.69, 9.17) is 16.9 Å². The number of aromatic nitrogens is 2. The van der Waals surface area contributed by atoms with E-state index in [1.807, 2.05) is 48.7 Å². The Bertz CT molecular complexity index is 1030. The van der Waals surface area contributed by atoms with Gasteiger partial charge in [0.1, 0.15) is 0 Å². The predicted octanol–water partition coefficient (Wildman–Crippen LogP) is 3.57. The molecule has 1 aliphatic heterocycles. The summed E-state index contributed by atoms with van der Waals surface area (Å²) < 4.78 is 0. The second-order valence-corrected chi connectivity index (χ2v) is 7.47. The second kappa shape index (κ2) is 8.48. The van der Waals surface area contributed by atoms with Crippen LogP contribution in [0.2, 0.25) is 5.02 Å². The van der Waals surface area contributed by atoms with E-state index >= 15 is 0 Å². The zero-order valence-corrected chi connectivity index (χ0v) is 16.5. The fraction of sp³-hybridized carbons (Fsp3) is 0.227. The molecular formula is C22H20ClN5O. The quantitative estimate of drug-likeness (QED) is 0.704. The van der Waals surface area contributed by atoms with Crippen LogP contribution in [0.5, 0.6) is 0 Å². The number of anilines is 1. The number of carbonyl (C=O) groups excluding carboxylic acids is 1. The first-order chi connectivity index (χ1) is 14.1. The van der Waals surface area contributed by atoms with Crippen LogP contribution in [-0.4, -0.2) is 40.4 Å². The monoisotopic (exact) mass is 405 g/mol. The first-order valence-corrected chi connectivity index (χ1v) is 9.79. The van der Waals surface area contributed by atoms with Crippen molar-refractivity contribution in [1.82, 2.24) is 14.9 Å². The molecule has 4 rings (SSSR count). The van der Waals surface area contributed by atoms with Crippen LogP contribution in [0.1, 0.15) is 22.9 Å². The van der Waals surface area contributed by atoms with E-state index in [9.17, 15) is 4.79 Å². The van der Waals surface area contributed by atoms with Gasteiger partial charge in [0.25, 0.3) is 0 Å². The van der Waals surface area contributed by atoms with E-state index < -0.39 is 0 Å². The average molecular weight is 406 g/mol. The molecule has 1 atom stereocenters. The highest BCUT2D eigenvalue weighted by Gasteiger charge is 2.31. The molecule has 1 aliphatic rings. The summed E-state index contributed by atoms with van der Waals surface area (Å²) in [6, 6.07) is 17.1. The predicted molar refractivity (Wildman–Crippen MR) is 112 cm³/mol. The van der Waals surface area contributed by atoms with Crippen molar-refractivity contribution in [1.29, 1.82) is 5.26 Å². The molecule has 1 amide bonds. The minimum atomic E-state index is -0.00380. The molecule has 0 saturated carbocycles. The SMILES string of the molecule is N#Cc1ccc(CC(c2cnc[nH]2)N2CCN(c3cccc(Cl)c3)C(=O)C2)cc1. The Morgan fingerprint density at radius 3 is 2.69 bits per heavy atom. The number of amides is 1. The molecule has 0 spiro atoms. The number of aromatic amines is 1. The van der Waals surface area contributed by atoms with Crippen molar-refractivity contribution in [2.24, 2.45) is 0 Å². The molecule has 1 aromatic heterocycles. The van der Waals surface area contributed by atoms with Crippen LogP contribution in [0.4, 0.5) is 5.69 Å². The Balaban J connectivity index is 1.53. The molecule has 0 aliphatic carbocycles. The van der Waals surface area contributed by atoms with Crippen molar-refractivity contribution in [3.63, 3.8) is 0 Å². The minimum Gasteiger partial charge on any atom is -0.347 e. The molecule has 2 heterocycles. The molecule has 1 unspecified atom stereocenters. The Morgan fingerprint density at radius 1 is 1.21 bits per heavy atom. The second-order valence-electron chi connectivity index (χ2n) is 7.03. The lowest BCUT2D eigenvalue weighted by Crippen LogP contribution is -2.51. The van der Waals surface area contributed by atoms with Crippen LogP contribution >= 0.6 is 11.6 Å². The van der Waals surface area contributed by atoms with Gasteiger partial charge in [0, 0.05) is 30.0 Å². The van der Waals surface area contributed by atoms with Gasteiger partial charge < -0.3 is 9.88 Å². The van der Waals surface area contributed by atoms with E-state index in [0.29, 0.717) is 23.7 Å². The molecule has 7 heteroatoms. The van der Waals surface area contributed by atoms with E-state index in [0.717, 1.165) is 29.9 Å². The topological polar surface area (TPSA) is 76.0 Å². The van der Waals surface area contributed by atoms with Crippen LogP contribution in [0.25, 0.3) is 0 Å². The molecule has 0 bridgehead atoms. The number of H-pyrrole nitrogens is 1. The third-order valence-electron chi connectivity index (χ3n) is 5.20. The van der Waals surface area contributed by atoms with Gasteiger partial charge in [-0.15, -0.1) is 0 Å². The lowest BCUT2D eigenvalue weighted by molar-refractivity contribution is -0.122. The van der Waals surface area contributed by atoms with Crippen molar-refractivity contribution in [2.45, 2.75) is 12.5 Å². The maximum absolute atomic E-state index is 12.9. The fourth-order valence-electron chi connectivity index (χ4n) is 3.70. The summed E-state index contributed by atoms with van der Waals surface area (Å²) in [7, 11) is 0. The smallest absolute Gasteiger partial charge is 0.241 e. The molecule has 29 heavy (non-hydrogen) atoms. The number of carbonyl (C=O) groups is 1. The standard InChI is InChI=1S/C22H20ClN5O/c23-18-2-1-3-19(11-18)28-9-8-27(14-22(28)29)21(20-13-25-15-26-20)10-16-4-6-17(12-24)7-5-16/h1-7,11,13,15,21H,8-10,14H2,(H,25,26). The lowest BCUT2D eigenvalue weighted by Gasteiger charge is -2.38. The highest BCUT2D eigenvalue weighted by Crippen LogP contribution is 2.28. The fourth-order valence-corrected chi connectivity index (χ4v) is 3.88. The summed E-state index contributed by atoms with van der Waals surface area (Å²) in [5.41, 5.74) is 3.54. The highest BCUT2D eigenvalue weighted by atomic mass is 35.5. The molecule has 0 radical (unpaired) electrons. The zero-order chi connectivity index (χ0) is 20.2. The van der Waals surface area contributed by atoms with Gasteiger partial charge in [-0.25, -0.2) is 4.98 Å². The highest BCUT2D eigenvalue weighted by molar-refractivity contribution is 6.30. The number of imidazole rings is 1. The number of halogens is 1. The largest absolute Gasteiger partial charge is 0.347 e. The van der Waals surface area contributed by atoms with Crippen LogP contribution in [0.15, 0.2) is 61.1 Å². The van der Waals surface area contributed by atoms with E-state index in [-0.39, 0.29) is 11.9 Å². The van der Waals surface area contributed by atoms with Gasteiger partial charge in [-0.2, -0.15) is 5.26 Å². The van der Waals surface area contributed by atoms with Crippen molar-refractivity contribution in [3.05, 3.63) is 82.9 Å². The van der Waals surface area contributed by atoms with Crippen molar-refractivity contribution in [3.8, 4) is 6.07 Å². The maximum atomic E-state index is 12.9. The van der Waals surface area contributed by atoms with Crippen LogP contribution in [0, 0.1) is 11.3 Å². The number of hydrogen-bond donors (Lipinski definition) is 1. The Kier molecular flexibility index (Phi) is 5.61. The van der Waals surface area contributed by atoms with Crippen molar-refractivity contribution in [2.75, 3.05) is 24.5 Å². The third-order valence-corrected chi connectivity index (χ3v) is 5.44. The van der Waals surface area contributed by atoms with Gasteiger partial charge in [0.15, 0.2) is 0 Å². The Hall–Kier alpha value is -3.14. The van der Waals surface area contributed by atoms with E-state index in [1.54, 1.807) is 17.3 Å². The normalized spacial score (nSPS) is 15.9. The van der Waals surface area contributed by atoms with E-state index in [2.05, 4.69) is 20.9 Å². The summed E-state index contributed by atoms with van der Waals surface area (Å²) in [4.78, 5) is 24.2. The zero-order valence-electron chi connectivity index (χ0n) is 15.8. The molecule has 1 N–H and O–H groups in total. The summed E-state index contributed by atoms with van der Waals surface area (Å²) in [6.45, 7) is 1.64. The minimum absolute atomic E-state index is 0.00380. The average Bonchev–Trinajstić information content (AvgIpc) is 3.27. The van der Waals surface area contributed by atoms with Crippen LogP contribution < -0.4 is 4.90 Å². The van der Waals surface area contributed by atoms with Gasteiger partial charge in [0.2, 0.25) is 5.91 Å². The summed E-state index contributed by atoms with van der Waals surface area (Å²) >= 11 is 6.09. The molecular weight excluding hydrogens is 386 g/mol. The molecule has 2 aromatic carbocycles. The van der Waals surface area contributed by atoms with Gasteiger partial charge >= 0.3 is 0 Å². The lowest BCUT2D eigenvalue weighted by atomic mass is 10.00. The first kappa shape index (κ1) is 19.2. The molecule has 1 saturated heterocycles. The van der Waals surface area contributed by atoms with E-state index in [1.165, 1.54) is 0 Å². The molecule has 1 fully saturated rings. The Morgan fingerprint density at radius 2 is 2.03 bits per heavy atom. The van der Waals surface area contributed by atoms with Gasteiger partial charge in [-0.05, 0) is 42.3 Å². The summed E-state index contributed by atoms with van der Waals surface area (Å²) in [5, 5.41) is 9.63. The number of rotatable bonds is 5. The number of piperazine rings is 1. The first-order valence-electron chi connectivity index (χ1n) is 9.41. The van der Waals surface area contributed by atoms with Crippen LogP contribution in [0.3, 0.4) is 0 Å². The van der Waals surface area contributed by atoms with Gasteiger partial charge in [-0.1, -0.05) is 29.8 Å². The summed E-state index contributed by atoms with van der Waals surface area (Å²) in [6.07, 6.45) is 4.19. The number of nitriles is 1.